The van der Waals surface area contributed by atoms with Gasteiger partial charge >= 0.3 is 0 Å². The monoisotopic (exact) mass is 221 g/mol. The lowest BCUT2D eigenvalue weighted by molar-refractivity contribution is 0.489. The Labute approximate surface area is 97.7 Å². The van der Waals surface area contributed by atoms with Crippen molar-refractivity contribution in [2.24, 2.45) is 0 Å². The van der Waals surface area contributed by atoms with E-state index in [1.165, 1.54) is 0 Å². The molecule has 16 heavy (non-hydrogen) atoms. The fourth-order valence-electron chi connectivity index (χ4n) is 1.78. The van der Waals surface area contributed by atoms with Crippen LogP contribution in [0.5, 0.6) is 0 Å². The standard InChI is InChI=1S/C13H23N3/c1-6-8-12-11(7-2)15-13(16-12)10(5)14-9(3)4/h7-10,14H,6H2,1-5H3,(H,15,16)/b11-7+,12-8+/t10-/m0/s1. The van der Waals surface area contributed by atoms with E-state index in [4.69, 9.17) is 0 Å². The maximum absolute atomic E-state index is 4.60. The second-order valence-electron chi connectivity index (χ2n) is 4.37. The molecule has 1 aromatic rings. The molecule has 1 aromatic heterocycles. The third-order valence-corrected chi connectivity index (χ3v) is 2.45. The van der Waals surface area contributed by atoms with Crippen LogP contribution in [0.4, 0.5) is 0 Å². The molecule has 3 nitrogen and oxygen atoms in total. The summed E-state index contributed by atoms with van der Waals surface area (Å²) >= 11 is 0. The van der Waals surface area contributed by atoms with Crippen molar-refractivity contribution in [2.45, 2.75) is 53.1 Å². The first-order valence-electron chi connectivity index (χ1n) is 6.07. The molecule has 0 bridgehead atoms. The van der Waals surface area contributed by atoms with Crippen LogP contribution in [0.1, 0.15) is 52.9 Å². The Balaban J connectivity index is 3.04. The van der Waals surface area contributed by atoms with Crippen LogP contribution in [0.25, 0.3) is 12.2 Å². The zero-order valence-corrected chi connectivity index (χ0v) is 11.0. The van der Waals surface area contributed by atoms with Crippen LogP contribution in [-0.4, -0.2) is 16.0 Å². The van der Waals surface area contributed by atoms with Gasteiger partial charge in [-0.1, -0.05) is 32.9 Å². The number of nitrogens with zero attached hydrogens (tertiary/aromatic N) is 1. The van der Waals surface area contributed by atoms with Gasteiger partial charge in [0.15, 0.2) is 0 Å². The van der Waals surface area contributed by atoms with Gasteiger partial charge in [-0.3, -0.25) is 0 Å². The molecule has 1 heterocycles. The Morgan fingerprint density at radius 3 is 2.56 bits per heavy atom. The summed E-state index contributed by atoms with van der Waals surface area (Å²) in [6, 6.07) is 0.727. The number of aromatic amines is 1. The fourth-order valence-corrected chi connectivity index (χ4v) is 1.78. The van der Waals surface area contributed by atoms with Crippen LogP contribution >= 0.6 is 0 Å². The number of imidazole rings is 1. The number of H-pyrrole nitrogens is 1. The third kappa shape index (κ3) is 3.20. The van der Waals surface area contributed by atoms with Gasteiger partial charge < -0.3 is 10.3 Å². The van der Waals surface area contributed by atoms with Crippen molar-refractivity contribution >= 4 is 12.2 Å². The average molecular weight is 221 g/mol. The molecule has 0 fully saturated rings. The molecule has 0 spiro atoms. The summed E-state index contributed by atoms with van der Waals surface area (Å²) in [6.45, 7) is 10.6. The lowest BCUT2D eigenvalue weighted by Gasteiger charge is -2.13. The van der Waals surface area contributed by atoms with Crippen LogP contribution in [0.2, 0.25) is 0 Å². The Kier molecular flexibility index (Phi) is 4.74. The van der Waals surface area contributed by atoms with Gasteiger partial charge in [-0.25, -0.2) is 4.98 Å². The molecule has 0 radical (unpaired) electrons. The van der Waals surface area contributed by atoms with E-state index in [1.54, 1.807) is 0 Å². The Bertz CT molecular complexity index is 429. The molecule has 0 aliphatic heterocycles. The van der Waals surface area contributed by atoms with E-state index in [0.717, 1.165) is 22.9 Å². The second kappa shape index (κ2) is 5.85. The van der Waals surface area contributed by atoms with E-state index >= 15 is 0 Å². The van der Waals surface area contributed by atoms with E-state index in [-0.39, 0.29) is 6.04 Å². The van der Waals surface area contributed by atoms with E-state index in [9.17, 15) is 0 Å². The van der Waals surface area contributed by atoms with Crippen molar-refractivity contribution < 1.29 is 0 Å². The minimum Gasteiger partial charge on any atom is -0.341 e. The van der Waals surface area contributed by atoms with Crippen molar-refractivity contribution in [3.05, 3.63) is 16.5 Å². The van der Waals surface area contributed by atoms with Crippen LogP contribution in [0.15, 0.2) is 0 Å². The molecule has 0 aromatic carbocycles. The Hall–Kier alpha value is -1.09. The highest BCUT2D eigenvalue weighted by molar-refractivity contribution is 5.24. The number of hydrogen-bond acceptors (Lipinski definition) is 2. The molecule has 1 rings (SSSR count). The average Bonchev–Trinajstić information content (AvgIpc) is 2.61. The van der Waals surface area contributed by atoms with Crippen molar-refractivity contribution in [1.29, 1.82) is 0 Å². The number of nitrogens with one attached hydrogen (secondary N) is 2. The van der Waals surface area contributed by atoms with E-state index < -0.39 is 0 Å². The summed E-state index contributed by atoms with van der Waals surface area (Å²) in [6.07, 6.45) is 5.24. The first-order chi connectivity index (χ1) is 7.58. The molecule has 3 heteroatoms. The van der Waals surface area contributed by atoms with Gasteiger partial charge in [0.05, 0.1) is 16.7 Å². The second-order valence-corrected chi connectivity index (χ2v) is 4.37. The van der Waals surface area contributed by atoms with Gasteiger partial charge in [0.2, 0.25) is 0 Å². The van der Waals surface area contributed by atoms with Gasteiger partial charge in [0, 0.05) is 6.04 Å². The molecule has 0 amide bonds. The Morgan fingerprint density at radius 1 is 1.38 bits per heavy atom. The molecule has 0 aliphatic rings. The van der Waals surface area contributed by atoms with E-state index in [1.807, 2.05) is 13.0 Å². The molecule has 90 valence electrons. The molecule has 0 saturated heterocycles. The maximum Gasteiger partial charge on any atom is 0.124 e. The first kappa shape index (κ1) is 13.0. The number of aromatic nitrogens is 2. The Morgan fingerprint density at radius 2 is 2.06 bits per heavy atom. The van der Waals surface area contributed by atoms with Crippen LogP contribution < -0.4 is 16.0 Å². The highest BCUT2D eigenvalue weighted by atomic mass is 15.0. The third-order valence-electron chi connectivity index (χ3n) is 2.45. The molecule has 0 aliphatic carbocycles. The number of rotatable bonds is 4. The largest absolute Gasteiger partial charge is 0.341 e. The van der Waals surface area contributed by atoms with Crippen LogP contribution in [0, 0.1) is 0 Å². The van der Waals surface area contributed by atoms with Gasteiger partial charge in [-0.15, -0.1) is 0 Å². The molecule has 0 unspecified atom stereocenters. The van der Waals surface area contributed by atoms with Gasteiger partial charge in [-0.05, 0) is 20.3 Å². The molecular formula is C13H23N3. The van der Waals surface area contributed by atoms with Crippen molar-refractivity contribution in [3.63, 3.8) is 0 Å². The molecular weight excluding hydrogens is 198 g/mol. The first-order valence-corrected chi connectivity index (χ1v) is 6.07. The zero-order chi connectivity index (χ0) is 12.1. The quantitative estimate of drug-likeness (QED) is 0.808. The predicted molar refractivity (Wildman–Crippen MR) is 69.4 cm³/mol. The molecule has 1 atom stereocenters. The lowest BCUT2D eigenvalue weighted by Crippen LogP contribution is -2.27. The van der Waals surface area contributed by atoms with Crippen molar-refractivity contribution in [2.75, 3.05) is 0 Å². The van der Waals surface area contributed by atoms with E-state index in [2.05, 4.69) is 49.1 Å². The fraction of sp³-hybridized carbons (Fsp3) is 0.615. The highest BCUT2D eigenvalue weighted by Gasteiger charge is 2.09. The van der Waals surface area contributed by atoms with Crippen molar-refractivity contribution in [1.82, 2.24) is 15.3 Å². The van der Waals surface area contributed by atoms with Crippen LogP contribution in [-0.2, 0) is 0 Å². The summed E-state index contributed by atoms with van der Waals surface area (Å²) in [5.74, 6) is 1.02. The minimum atomic E-state index is 0.262. The molecule has 0 saturated carbocycles. The summed E-state index contributed by atoms with van der Waals surface area (Å²) < 4.78 is 0. The highest BCUT2D eigenvalue weighted by Crippen LogP contribution is 2.03. The summed E-state index contributed by atoms with van der Waals surface area (Å²) in [7, 11) is 0. The van der Waals surface area contributed by atoms with Crippen molar-refractivity contribution in [3.8, 4) is 0 Å². The summed E-state index contributed by atoms with van der Waals surface area (Å²) in [5, 5.41) is 5.63. The normalized spacial score (nSPS) is 16.1. The predicted octanol–water partition coefficient (Wildman–Crippen LogP) is 1.46. The van der Waals surface area contributed by atoms with E-state index in [0.29, 0.717) is 6.04 Å². The number of hydrogen-bond donors (Lipinski definition) is 2. The SMILES string of the molecule is C/C=c1/nc([C@H](C)NC(C)C)[nH]/c1=C/CC. The maximum atomic E-state index is 4.60. The van der Waals surface area contributed by atoms with Gasteiger partial charge in [-0.2, -0.15) is 0 Å². The smallest absolute Gasteiger partial charge is 0.124 e. The van der Waals surface area contributed by atoms with Crippen LogP contribution in [0.3, 0.4) is 0 Å². The lowest BCUT2D eigenvalue weighted by atomic mass is 10.3. The van der Waals surface area contributed by atoms with Gasteiger partial charge in [0.1, 0.15) is 5.82 Å². The summed E-state index contributed by atoms with van der Waals surface area (Å²) in [5.41, 5.74) is 0. The zero-order valence-electron chi connectivity index (χ0n) is 11.0. The topological polar surface area (TPSA) is 40.7 Å². The molecule has 2 N–H and O–H groups in total. The summed E-state index contributed by atoms with van der Waals surface area (Å²) in [4.78, 5) is 7.97. The van der Waals surface area contributed by atoms with Gasteiger partial charge in [0.25, 0.3) is 0 Å². The minimum absolute atomic E-state index is 0.262.